The van der Waals surface area contributed by atoms with E-state index in [1.54, 1.807) is 31.4 Å². The lowest BCUT2D eigenvalue weighted by Crippen LogP contribution is -2.17. The Kier molecular flexibility index (Phi) is 6.43. The molecular formula is C19H19N3O3. The van der Waals surface area contributed by atoms with E-state index in [-0.39, 0.29) is 5.57 Å². The molecule has 6 heteroatoms. The molecular weight excluding hydrogens is 318 g/mol. The molecule has 6 nitrogen and oxygen atoms in total. The number of hydrogen-bond donors (Lipinski definition) is 2. The quantitative estimate of drug-likeness (QED) is 0.599. The number of ether oxygens (including phenoxy) is 2. The topological polar surface area (TPSA) is 83.4 Å². The largest absolute Gasteiger partial charge is 0.496 e. The predicted octanol–water partition coefficient (Wildman–Crippen LogP) is 2.84. The molecule has 0 aliphatic carbocycles. The monoisotopic (exact) mass is 337 g/mol. The molecule has 0 saturated carbocycles. The third kappa shape index (κ3) is 4.75. The van der Waals surface area contributed by atoms with E-state index in [0.717, 1.165) is 11.3 Å². The average Bonchev–Trinajstić information content (AvgIpc) is 2.65. The molecule has 1 amide bonds. The maximum absolute atomic E-state index is 12.3. The van der Waals surface area contributed by atoms with Crippen LogP contribution in [0.3, 0.4) is 0 Å². The smallest absolute Gasteiger partial charge is 0.267 e. The number of methoxy groups -OCH3 is 2. The van der Waals surface area contributed by atoms with Crippen molar-refractivity contribution in [1.82, 2.24) is 5.32 Å². The van der Waals surface area contributed by atoms with Crippen molar-refractivity contribution in [3.63, 3.8) is 0 Å². The second-order valence-electron chi connectivity index (χ2n) is 5.02. The minimum Gasteiger partial charge on any atom is -0.496 e. The molecule has 0 saturated heterocycles. The second-order valence-corrected chi connectivity index (χ2v) is 5.02. The minimum atomic E-state index is -0.514. The average molecular weight is 337 g/mol. The lowest BCUT2D eigenvalue weighted by Gasteiger charge is -2.10. The molecule has 0 atom stereocenters. The molecule has 0 heterocycles. The molecule has 0 radical (unpaired) electrons. The number of carbonyl (C=O) groups excluding carboxylic acids is 1. The van der Waals surface area contributed by atoms with E-state index < -0.39 is 5.91 Å². The molecule has 0 aliphatic rings. The number of nitrogens with zero attached hydrogens (tertiary/aromatic N) is 1. The van der Waals surface area contributed by atoms with E-state index in [1.807, 2.05) is 30.3 Å². The van der Waals surface area contributed by atoms with Crippen molar-refractivity contribution in [2.45, 2.75) is 6.54 Å². The fraction of sp³-hybridized carbons (Fsp3) is 0.158. The molecule has 128 valence electrons. The number of para-hydroxylation sites is 3. The highest BCUT2D eigenvalue weighted by Crippen LogP contribution is 2.23. The van der Waals surface area contributed by atoms with Gasteiger partial charge in [0, 0.05) is 18.3 Å². The van der Waals surface area contributed by atoms with Crippen LogP contribution in [0.4, 0.5) is 5.69 Å². The number of amides is 1. The summed E-state index contributed by atoms with van der Waals surface area (Å²) < 4.78 is 10.4. The van der Waals surface area contributed by atoms with Gasteiger partial charge in [-0.2, -0.15) is 5.26 Å². The third-order valence-electron chi connectivity index (χ3n) is 3.45. The Labute approximate surface area is 146 Å². The zero-order valence-electron chi connectivity index (χ0n) is 14.1. The molecule has 0 aliphatic heterocycles. The molecule has 0 fully saturated rings. The number of benzene rings is 2. The van der Waals surface area contributed by atoms with Crippen LogP contribution in [-0.2, 0) is 11.3 Å². The lowest BCUT2D eigenvalue weighted by atomic mass is 10.2. The van der Waals surface area contributed by atoms with Crippen LogP contribution in [0.25, 0.3) is 0 Å². The van der Waals surface area contributed by atoms with E-state index >= 15 is 0 Å². The summed E-state index contributed by atoms with van der Waals surface area (Å²) in [6.07, 6.45) is 1.39. The van der Waals surface area contributed by atoms with Crippen molar-refractivity contribution >= 4 is 11.6 Å². The number of anilines is 1. The standard InChI is InChI=1S/C19H19N3O3/c1-24-17-9-5-3-7-14(17)12-21-13-15(11-20)19(23)22-16-8-4-6-10-18(16)25-2/h3-10,13,21H,12H2,1-2H3,(H,22,23)/b15-13-. The Morgan fingerprint density at radius 2 is 1.72 bits per heavy atom. The highest BCUT2D eigenvalue weighted by molar-refractivity contribution is 6.07. The molecule has 25 heavy (non-hydrogen) atoms. The minimum absolute atomic E-state index is 0.0409. The first-order chi connectivity index (χ1) is 12.2. The fourth-order valence-electron chi connectivity index (χ4n) is 2.20. The van der Waals surface area contributed by atoms with Crippen molar-refractivity contribution in [1.29, 1.82) is 5.26 Å². The van der Waals surface area contributed by atoms with E-state index in [0.29, 0.717) is 18.0 Å². The van der Waals surface area contributed by atoms with Gasteiger partial charge in [0.15, 0.2) is 0 Å². The molecule has 0 unspecified atom stereocenters. The van der Waals surface area contributed by atoms with E-state index in [4.69, 9.17) is 9.47 Å². The van der Waals surface area contributed by atoms with Crippen molar-refractivity contribution in [2.24, 2.45) is 0 Å². The van der Waals surface area contributed by atoms with Gasteiger partial charge >= 0.3 is 0 Å². The van der Waals surface area contributed by atoms with Crippen molar-refractivity contribution < 1.29 is 14.3 Å². The summed E-state index contributed by atoms with van der Waals surface area (Å²) in [5, 5.41) is 14.9. The summed E-state index contributed by atoms with van der Waals surface area (Å²) in [5.74, 6) is 0.745. The molecule has 2 aromatic rings. The maximum Gasteiger partial charge on any atom is 0.267 e. The Morgan fingerprint density at radius 3 is 2.40 bits per heavy atom. The van der Waals surface area contributed by atoms with Crippen LogP contribution in [-0.4, -0.2) is 20.1 Å². The molecule has 0 bridgehead atoms. The van der Waals surface area contributed by atoms with Gasteiger partial charge in [0.25, 0.3) is 5.91 Å². The fourth-order valence-corrected chi connectivity index (χ4v) is 2.20. The maximum atomic E-state index is 12.3. The third-order valence-corrected chi connectivity index (χ3v) is 3.45. The van der Waals surface area contributed by atoms with Gasteiger partial charge in [-0.05, 0) is 18.2 Å². The molecule has 2 aromatic carbocycles. The molecule has 2 rings (SSSR count). The van der Waals surface area contributed by atoms with Crippen LogP contribution in [0.15, 0.2) is 60.3 Å². The van der Waals surface area contributed by atoms with Crippen LogP contribution in [0.5, 0.6) is 11.5 Å². The summed E-state index contributed by atoms with van der Waals surface area (Å²) in [5.41, 5.74) is 1.38. The van der Waals surface area contributed by atoms with Gasteiger partial charge in [0.2, 0.25) is 0 Å². The Morgan fingerprint density at radius 1 is 1.08 bits per heavy atom. The first kappa shape index (κ1) is 17.9. The Hall–Kier alpha value is -3.46. The summed E-state index contributed by atoms with van der Waals surface area (Å²) in [4.78, 5) is 12.3. The van der Waals surface area contributed by atoms with Crippen molar-refractivity contribution in [3.05, 3.63) is 65.9 Å². The highest BCUT2D eigenvalue weighted by atomic mass is 16.5. The molecule has 2 N–H and O–H groups in total. The van der Waals surface area contributed by atoms with Crippen LogP contribution in [0.1, 0.15) is 5.56 Å². The first-order valence-corrected chi connectivity index (χ1v) is 7.59. The van der Waals surface area contributed by atoms with Crippen LogP contribution in [0, 0.1) is 11.3 Å². The van der Waals surface area contributed by atoms with E-state index in [2.05, 4.69) is 10.6 Å². The number of nitrogens with one attached hydrogen (secondary N) is 2. The van der Waals surface area contributed by atoms with Gasteiger partial charge in [0.1, 0.15) is 23.1 Å². The van der Waals surface area contributed by atoms with Crippen LogP contribution in [0.2, 0.25) is 0 Å². The molecule has 0 aromatic heterocycles. The van der Waals surface area contributed by atoms with Crippen molar-refractivity contribution in [2.75, 3.05) is 19.5 Å². The van der Waals surface area contributed by atoms with E-state index in [9.17, 15) is 10.1 Å². The first-order valence-electron chi connectivity index (χ1n) is 7.59. The summed E-state index contributed by atoms with van der Waals surface area (Å²) in [7, 11) is 3.11. The van der Waals surface area contributed by atoms with Gasteiger partial charge in [-0.1, -0.05) is 30.3 Å². The number of carbonyl (C=O) groups is 1. The molecule has 0 spiro atoms. The van der Waals surface area contributed by atoms with E-state index in [1.165, 1.54) is 13.3 Å². The Bertz CT molecular complexity index is 810. The summed E-state index contributed by atoms with van der Waals surface area (Å²) in [6.45, 7) is 0.428. The zero-order valence-corrected chi connectivity index (χ0v) is 14.1. The number of hydrogen-bond acceptors (Lipinski definition) is 5. The Balaban J connectivity index is 2.04. The lowest BCUT2D eigenvalue weighted by molar-refractivity contribution is -0.112. The predicted molar refractivity (Wildman–Crippen MR) is 95.2 cm³/mol. The van der Waals surface area contributed by atoms with Gasteiger partial charge in [0.05, 0.1) is 19.9 Å². The SMILES string of the molecule is COc1ccccc1CN/C=C(/C#N)C(=O)Nc1ccccc1OC. The van der Waals surface area contributed by atoms with Gasteiger partial charge < -0.3 is 20.1 Å². The van der Waals surface area contributed by atoms with Gasteiger partial charge in [-0.25, -0.2) is 0 Å². The number of rotatable bonds is 7. The summed E-state index contributed by atoms with van der Waals surface area (Å²) >= 11 is 0. The van der Waals surface area contributed by atoms with Gasteiger partial charge in [-0.3, -0.25) is 4.79 Å². The highest BCUT2D eigenvalue weighted by Gasteiger charge is 2.12. The van der Waals surface area contributed by atoms with Crippen LogP contribution >= 0.6 is 0 Å². The van der Waals surface area contributed by atoms with Crippen LogP contribution < -0.4 is 20.1 Å². The van der Waals surface area contributed by atoms with Crippen molar-refractivity contribution in [3.8, 4) is 17.6 Å². The zero-order chi connectivity index (χ0) is 18.1. The summed E-state index contributed by atoms with van der Waals surface area (Å²) in [6, 6.07) is 16.4. The second kappa shape index (κ2) is 8.99. The van der Waals surface area contributed by atoms with Gasteiger partial charge in [-0.15, -0.1) is 0 Å². The normalized spacial score (nSPS) is 10.5. The number of nitriles is 1.